The van der Waals surface area contributed by atoms with Crippen LogP contribution in [0.25, 0.3) is 0 Å². The fourth-order valence-electron chi connectivity index (χ4n) is 2.86. The van der Waals surface area contributed by atoms with Crippen LogP contribution >= 0.6 is 0 Å². The van der Waals surface area contributed by atoms with Gasteiger partial charge in [0.05, 0.1) is 0 Å². The van der Waals surface area contributed by atoms with Crippen LogP contribution in [-0.4, -0.2) is 11.5 Å². The predicted octanol–water partition coefficient (Wildman–Crippen LogP) is 5.57. The molecule has 1 N–H and O–H groups in total. The highest BCUT2D eigenvalue weighted by Crippen LogP contribution is 2.22. The molecule has 0 aliphatic rings. The van der Waals surface area contributed by atoms with E-state index in [-0.39, 0.29) is 0 Å². The van der Waals surface area contributed by atoms with Crippen molar-refractivity contribution >= 4 is 0 Å². The summed E-state index contributed by atoms with van der Waals surface area (Å²) < 4.78 is 0. The zero-order chi connectivity index (χ0) is 15.3. The van der Waals surface area contributed by atoms with Gasteiger partial charge in [-0.1, -0.05) is 64.9 Å². The number of rotatable bonds is 12. The van der Waals surface area contributed by atoms with Crippen molar-refractivity contribution in [3.63, 3.8) is 0 Å². The summed E-state index contributed by atoms with van der Waals surface area (Å²) in [5.41, 5.74) is 2.56. The zero-order valence-corrected chi connectivity index (χ0v) is 14.3. The van der Waals surface area contributed by atoms with E-state index in [0.29, 0.717) is 6.04 Å². The van der Waals surface area contributed by atoms with Crippen LogP contribution in [0.1, 0.15) is 88.9 Å². The number of pyridine rings is 1. The van der Waals surface area contributed by atoms with Gasteiger partial charge in [0.25, 0.3) is 0 Å². The second-order valence-electron chi connectivity index (χ2n) is 6.09. The Kier molecular flexibility index (Phi) is 10.1. The van der Waals surface area contributed by atoms with Gasteiger partial charge >= 0.3 is 0 Å². The molecule has 2 nitrogen and oxygen atoms in total. The van der Waals surface area contributed by atoms with Crippen molar-refractivity contribution in [2.24, 2.45) is 0 Å². The van der Waals surface area contributed by atoms with Crippen LogP contribution in [0.15, 0.2) is 18.3 Å². The largest absolute Gasteiger partial charge is 0.310 e. The average molecular weight is 290 g/mol. The van der Waals surface area contributed by atoms with Gasteiger partial charge in [0, 0.05) is 17.9 Å². The topological polar surface area (TPSA) is 24.9 Å². The van der Waals surface area contributed by atoms with Gasteiger partial charge in [-0.2, -0.15) is 0 Å². The number of nitrogens with one attached hydrogen (secondary N) is 1. The molecule has 0 aliphatic carbocycles. The van der Waals surface area contributed by atoms with E-state index < -0.39 is 0 Å². The molecular weight excluding hydrogens is 256 g/mol. The Morgan fingerprint density at radius 3 is 2.38 bits per heavy atom. The molecule has 0 bridgehead atoms. The minimum atomic E-state index is 0.481. The van der Waals surface area contributed by atoms with E-state index in [4.69, 9.17) is 0 Å². The van der Waals surface area contributed by atoms with E-state index >= 15 is 0 Å². The Morgan fingerprint density at radius 2 is 1.71 bits per heavy atom. The molecular formula is C19H34N2. The number of unbranched alkanes of at least 4 members (excludes halogenated alkanes) is 6. The standard InChI is InChI=1S/C19H34N2/c1-4-6-7-8-9-10-11-14-19(21-15-5-2)18-13-12-16-20-17(18)3/h12-13,16,19,21H,4-11,14-15H2,1-3H3. The normalized spacial score (nSPS) is 12.5. The SMILES string of the molecule is CCCCCCCCCC(NCCC)c1cccnc1C. The summed E-state index contributed by atoms with van der Waals surface area (Å²) >= 11 is 0. The van der Waals surface area contributed by atoms with Crippen LogP contribution in [0.2, 0.25) is 0 Å². The number of aryl methyl sites for hydroxylation is 1. The number of aromatic nitrogens is 1. The Balaban J connectivity index is 2.35. The fraction of sp³-hybridized carbons (Fsp3) is 0.737. The first-order chi connectivity index (χ1) is 10.3. The molecule has 0 spiro atoms. The maximum atomic E-state index is 4.45. The monoisotopic (exact) mass is 290 g/mol. The molecule has 0 aromatic carbocycles. The second-order valence-corrected chi connectivity index (χ2v) is 6.09. The summed E-state index contributed by atoms with van der Waals surface area (Å²) in [4.78, 5) is 4.45. The highest BCUT2D eigenvalue weighted by Gasteiger charge is 2.12. The molecule has 0 fully saturated rings. The Bertz CT molecular complexity index is 362. The number of hydrogen-bond donors (Lipinski definition) is 1. The maximum absolute atomic E-state index is 4.45. The third-order valence-corrected chi connectivity index (χ3v) is 4.16. The molecule has 0 aliphatic heterocycles. The van der Waals surface area contributed by atoms with Gasteiger partial charge in [-0.15, -0.1) is 0 Å². The number of hydrogen-bond acceptors (Lipinski definition) is 2. The Morgan fingerprint density at radius 1 is 1.00 bits per heavy atom. The van der Waals surface area contributed by atoms with Crippen molar-refractivity contribution in [2.75, 3.05) is 6.54 Å². The van der Waals surface area contributed by atoms with Crippen molar-refractivity contribution in [1.29, 1.82) is 0 Å². The van der Waals surface area contributed by atoms with Gasteiger partial charge in [0.15, 0.2) is 0 Å². The summed E-state index contributed by atoms with van der Waals surface area (Å²) in [6.07, 6.45) is 14.0. The lowest BCUT2D eigenvalue weighted by molar-refractivity contribution is 0.463. The first-order valence-electron chi connectivity index (χ1n) is 8.94. The van der Waals surface area contributed by atoms with Crippen molar-refractivity contribution < 1.29 is 0 Å². The van der Waals surface area contributed by atoms with Crippen LogP contribution < -0.4 is 5.32 Å². The minimum Gasteiger partial charge on any atom is -0.310 e. The fourth-order valence-corrected chi connectivity index (χ4v) is 2.86. The minimum absolute atomic E-state index is 0.481. The lowest BCUT2D eigenvalue weighted by Crippen LogP contribution is -2.23. The van der Waals surface area contributed by atoms with Crippen LogP contribution in [0.5, 0.6) is 0 Å². The highest BCUT2D eigenvalue weighted by molar-refractivity contribution is 5.22. The molecule has 1 heterocycles. The smallest absolute Gasteiger partial charge is 0.0420 e. The maximum Gasteiger partial charge on any atom is 0.0420 e. The summed E-state index contributed by atoms with van der Waals surface area (Å²) in [6.45, 7) is 7.73. The van der Waals surface area contributed by atoms with Crippen LogP contribution in [0.4, 0.5) is 0 Å². The molecule has 0 amide bonds. The molecule has 1 aromatic rings. The van der Waals surface area contributed by atoms with Crippen LogP contribution in [0, 0.1) is 6.92 Å². The van der Waals surface area contributed by atoms with E-state index in [9.17, 15) is 0 Å². The molecule has 1 atom stereocenters. The van der Waals surface area contributed by atoms with Gasteiger partial charge in [-0.25, -0.2) is 0 Å². The Labute approximate surface area is 131 Å². The third-order valence-electron chi connectivity index (χ3n) is 4.16. The molecule has 0 saturated carbocycles. The molecule has 1 unspecified atom stereocenters. The highest BCUT2D eigenvalue weighted by atomic mass is 14.9. The number of nitrogens with zero attached hydrogens (tertiary/aromatic N) is 1. The second kappa shape index (κ2) is 11.7. The van der Waals surface area contributed by atoms with Gasteiger partial charge < -0.3 is 5.32 Å². The average Bonchev–Trinajstić information content (AvgIpc) is 2.50. The van der Waals surface area contributed by atoms with E-state index in [0.717, 1.165) is 6.54 Å². The van der Waals surface area contributed by atoms with E-state index in [1.165, 1.54) is 69.0 Å². The molecule has 1 aromatic heterocycles. The van der Waals surface area contributed by atoms with E-state index in [2.05, 4.69) is 43.2 Å². The molecule has 0 saturated heterocycles. The van der Waals surface area contributed by atoms with Gasteiger partial charge in [0.1, 0.15) is 0 Å². The van der Waals surface area contributed by atoms with Crippen molar-refractivity contribution in [1.82, 2.24) is 10.3 Å². The molecule has 21 heavy (non-hydrogen) atoms. The van der Waals surface area contributed by atoms with Crippen LogP contribution in [-0.2, 0) is 0 Å². The molecule has 1 rings (SSSR count). The quantitative estimate of drug-likeness (QED) is 0.509. The first kappa shape index (κ1) is 18.2. The summed E-state index contributed by atoms with van der Waals surface area (Å²) in [7, 11) is 0. The van der Waals surface area contributed by atoms with E-state index in [1.54, 1.807) is 0 Å². The van der Waals surface area contributed by atoms with Crippen LogP contribution in [0.3, 0.4) is 0 Å². The van der Waals surface area contributed by atoms with Gasteiger partial charge in [-0.3, -0.25) is 4.98 Å². The van der Waals surface area contributed by atoms with Gasteiger partial charge in [-0.05, 0) is 37.9 Å². The van der Waals surface area contributed by atoms with Crippen molar-refractivity contribution in [3.8, 4) is 0 Å². The summed E-state index contributed by atoms with van der Waals surface area (Å²) in [5.74, 6) is 0. The first-order valence-corrected chi connectivity index (χ1v) is 8.94. The predicted molar refractivity (Wildman–Crippen MR) is 92.6 cm³/mol. The van der Waals surface area contributed by atoms with Crippen molar-refractivity contribution in [2.45, 2.75) is 84.6 Å². The van der Waals surface area contributed by atoms with Gasteiger partial charge in [0.2, 0.25) is 0 Å². The van der Waals surface area contributed by atoms with E-state index in [1.807, 2.05) is 6.20 Å². The molecule has 120 valence electrons. The molecule has 0 radical (unpaired) electrons. The summed E-state index contributed by atoms with van der Waals surface area (Å²) in [6, 6.07) is 4.78. The lowest BCUT2D eigenvalue weighted by Gasteiger charge is -2.20. The lowest BCUT2D eigenvalue weighted by atomic mass is 9.98. The van der Waals surface area contributed by atoms with Crippen molar-refractivity contribution in [3.05, 3.63) is 29.6 Å². The Hall–Kier alpha value is -0.890. The third kappa shape index (κ3) is 7.61. The summed E-state index contributed by atoms with van der Waals surface area (Å²) in [5, 5.41) is 3.70. The zero-order valence-electron chi connectivity index (χ0n) is 14.3. The molecule has 2 heteroatoms.